The van der Waals surface area contributed by atoms with E-state index in [9.17, 15) is 20.0 Å². The van der Waals surface area contributed by atoms with Crippen molar-refractivity contribution in [1.29, 1.82) is 0 Å². The van der Waals surface area contributed by atoms with Crippen molar-refractivity contribution >= 4 is 11.7 Å². The van der Waals surface area contributed by atoms with Crippen molar-refractivity contribution in [2.24, 2.45) is 12.5 Å². The summed E-state index contributed by atoms with van der Waals surface area (Å²) in [4.78, 5) is 21.9. The van der Waals surface area contributed by atoms with Gasteiger partial charge in [0, 0.05) is 49.6 Å². The van der Waals surface area contributed by atoms with E-state index in [4.69, 9.17) is 0 Å². The van der Waals surface area contributed by atoms with Crippen LogP contribution in [0.15, 0.2) is 30.5 Å². The Hall–Kier alpha value is -2.74. The highest BCUT2D eigenvalue weighted by atomic mass is 16.6. The van der Waals surface area contributed by atoms with Gasteiger partial charge in [0.1, 0.15) is 0 Å². The van der Waals surface area contributed by atoms with Crippen molar-refractivity contribution in [2.45, 2.75) is 33.2 Å². The Bertz CT molecular complexity index is 779. The molecular formula is C18H24N4O4. The molecule has 2 rings (SSSR count). The molecule has 8 nitrogen and oxygen atoms in total. The molecule has 0 amide bonds. The molecule has 140 valence electrons. The first kappa shape index (κ1) is 19.6. The number of aliphatic carboxylic acids is 1. The lowest BCUT2D eigenvalue weighted by Crippen LogP contribution is -2.40. The highest BCUT2D eigenvalue weighted by Gasteiger charge is 2.34. The maximum Gasteiger partial charge on any atom is 0.310 e. The molecule has 0 saturated carbocycles. The Morgan fingerprint density at radius 1 is 1.31 bits per heavy atom. The zero-order chi connectivity index (χ0) is 19.3. The predicted octanol–water partition coefficient (Wildman–Crippen LogP) is 2.98. The van der Waals surface area contributed by atoms with E-state index >= 15 is 0 Å². The van der Waals surface area contributed by atoms with E-state index in [0.717, 1.165) is 16.8 Å². The number of carboxylic acids is 1. The van der Waals surface area contributed by atoms with Gasteiger partial charge < -0.3 is 10.4 Å². The third-order valence-electron chi connectivity index (χ3n) is 4.84. The SMILES string of the molecule is CCC(CC)(CNCc1cn(C)nc1-c1ccc([N+](=O)[O-])cc1)C(=O)O. The number of benzene rings is 1. The fraction of sp³-hybridized carbons (Fsp3) is 0.444. The van der Waals surface area contributed by atoms with Crippen LogP contribution in [0.1, 0.15) is 32.3 Å². The number of nitro groups is 1. The number of nitrogens with zero attached hydrogens (tertiary/aromatic N) is 3. The average Bonchev–Trinajstić information content (AvgIpc) is 2.99. The molecule has 26 heavy (non-hydrogen) atoms. The number of hydrogen-bond acceptors (Lipinski definition) is 5. The molecule has 1 aromatic carbocycles. The number of aromatic nitrogens is 2. The van der Waals surface area contributed by atoms with Crippen LogP contribution < -0.4 is 5.32 Å². The summed E-state index contributed by atoms with van der Waals surface area (Å²) in [5.41, 5.74) is 1.66. The minimum absolute atomic E-state index is 0.0292. The van der Waals surface area contributed by atoms with Gasteiger partial charge in [0.15, 0.2) is 0 Å². The number of aryl methyl sites for hydroxylation is 1. The summed E-state index contributed by atoms with van der Waals surface area (Å²) in [6.07, 6.45) is 2.96. The van der Waals surface area contributed by atoms with Gasteiger partial charge in [0.25, 0.3) is 5.69 Å². The molecule has 1 aromatic heterocycles. The maximum atomic E-state index is 11.6. The van der Waals surface area contributed by atoms with Gasteiger partial charge in [-0.3, -0.25) is 19.6 Å². The number of nitrogens with one attached hydrogen (secondary N) is 1. The zero-order valence-corrected chi connectivity index (χ0v) is 15.2. The highest BCUT2D eigenvalue weighted by molar-refractivity contribution is 5.74. The van der Waals surface area contributed by atoms with Gasteiger partial charge in [-0.2, -0.15) is 5.10 Å². The molecule has 0 saturated heterocycles. The van der Waals surface area contributed by atoms with Crippen LogP contribution in [-0.2, 0) is 18.4 Å². The van der Waals surface area contributed by atoms with Crippen molar-refractivity contribution < 1.29 is 14.8 Å². The van der Waals surface area contributed by atoms with Crippen LogP contribution in [0.4, 0.5) is 5.69 Å². The molecule has 0 radical (unpaired) electrons. The van der Waals surface area contributed by atoms with Crippen LogP contribution >= 0.6 is 0 Å². The molecule has 0 aliphatic rings. The molecule has 0 spiro atoms. The fourth-order valence-corrected chi connectivity index (χ4v) is 2.97. The van der Waals surface area contributed by atoms with E-state index in [1.165, 1.54) is 12.1 Å². The van der Waals surface area contributed by atoms with Crippen molar-refractivity contribution in [1.82, 2.24) is 15.1 Å². The third kappa shape index (κ3) is 4.08. The molecule has 8 heteroatoms. The first-order valence-corrected chi connectivity index (χ1v) is 8.54. The lowest BCUT2D eigenvalue weighted by atomic mass is 9.82. The topological polar surface area (TPSA) is 110 Å². The van der Waals surface area contributed by atoms with E-state index in [0.29, 0.717) is 25.9 Å². The number of non-ortho nitro benzene ring substituents is 1. The lowest BCUT2D eigenvalue weighted by molar-refractivity contribution is -0.384. The standard InChI is InChI=1S/C18H24N4O4/c1-4-18(5-2,17(23)24)12-19-10-14-11-21(3)20-16(14)13-6-8-15(9-7-13)22(25)26/h6-9,11,19H,4-5,10,12H2,1-3H3,(H,23,24). The Morgan fingerprint density at radius 3 is 2.42 bits per heavy atom. The predicted molar refractivity (Wildman–Crippen MR) is 97.7 cm³/mol. The van der Waals surface area contributed by atoms with Crippen molar-refractivity contribution in [2.75, 3.05) is 6.54 Å². The lowest BCUT2D eigenvalue weighted by Gasteiger charge is -2.27. The van der Waals surface area contributed by atoms with Gasteiger partial charge in [-0.15, -0.1) is 0 Å². The van der Waals surface area contributed by atoms with Crippen molar-refractivity contribution in [3.8, 4) is 11.3 Å². The maximum absolute atomic E-state index is 11.6. The Balaban J connectivity index is 2.16. The van der Waals surface area contributed by atoms with Crippen LogP contribution in [0.3, 0.4) is 0 Å². The van der Waals surface area contributed by atoms with Gasteiger partial charge >= 0.3 is 5.97 Å². The van der Waals surface area contributed by atoms with Crippen molar-refractivity contribution in [3.05, 3.63) is 46.1 Å². The normalized spacial score (nSPS) is 11.5. The van der Waals surface area contributed by atoms with E-state index in [1.54, 1.807) is 23.9 Å². The van der Waals surface area contributed by atoms with Crippen LogP contribution in [0.2, 0.25) is 0 Å². The first-order chi connectivity index (χ1) is 12.3. The van der Waals surface area contributed by atoms with Gasteiger partial charge in [-0.25, -0.2) is 0 Å². The molecule has 1 heterocycles. The van der Waals surface area contributed by atoms with E-state index in [-0.39, 0.29) is 5.69 Å². The number of carbonyl (C=O) groups is 1. The molecule has 0 unspecified atom stereocenters. The summed E-state index contributed by atoms with van der Waals surface area (Å²) in [6, 6.07) is 6.24. The minimum atomic E-state index is -0.795. The van der Waals surface area contributed by atoms with Crippen LogP contribution in [-0.4, -0.2) is 32.3 Å². The molecular weight excluding hydrogens is 336 g/mol. The summed E-state index contributed by atoms with van der Waals surface area (Å²) in [5.74, 6) is -0.795. The second kappa shape index (κ2) is 8.09. The largest absolute Gasteiger partial charge is 0.481 e. The molecule has 0 fully saturated rings. The number of carboxylic acid groups (broad SMARTS) is 1. The van der Waals surface area contributed by atoms with E-state index < -0.39 is 16.3 Å². The summed E-state index contributed by atoms with van der Waals surface area (Å²) in [7, 11) is 1.80. The number of nitro benzene ring substituents is 1. The van der Waals surface area contributed by atoms with E-state index in [1.807, 2.05) is 20.0 Å². The monoisotopic (exact) mass is 360 g/mol. The molecule has 2 N–H and O–H groups in total. The molecule has 0 bridgehead atoms. The Morgan fingerprint density at radius 2 is 1.92 bits per heavy atom. The Kier molecular flexibility index (Phi) is 6.10. The fourth-order valence-electron chi connectivity index (χ4n) is 2.97. The molecule has 0 aliphatic carbocycles. The Labute approximate surface area is 152 Å². The highest BCUT2D eigenvalue weighted by Crippen LogP contribution is 2.27. The van der Waals surface area contributed by atoms with Gasteiger partial charge in [-0.1, -0.05) is 13.8 Å². The molecule has 0 aliphatic heterocycles. The van der Waals surface area contributed by atoms with E-state index in [2.05, 4.69) is 10.4 Å². The molecule has 2 aromatic rings. The van der Waals surface area contributed by atoms with Gasteiger partial charge in [0.2, 0.25) is 0 Å². The molecule has 0 atom stereocenters. The quantitative estimate of drug-likeness (QED) is 0.525. The minimum Gasteiger partial charge on any atom is -0.481 e. The van der Waals surface area contributed by atoms with Crippen molar-refractivity contribution in [3.63, 3.8) is 0 Å². The zero-order valence-electron chi connectivity index (χ0n) is 15.2. The van der Waals surface area contributed by atoms with Crippen LogP contribution in [0.25, 0.3) is 11.3 Å². The van der Waals surface area contributed by atoms with Gasteiger partial charge in [-0.05, 0) is 25.0 Å². The third-order valence-corrected chi connectivity index (χ3v) is 4.84. The second-order valence-corrected chi connectivity index (χ2v) is 6.38. The summed E-state index contributed by atoms with van der Waals surface area (Å²) in [6.45, 7) is 4.59. The average molecular weight is 360 g/mol. The summed E-state index contributed by atoms with van der Waals surface area (Å²) < 4.78 is 1.68. The van der Waals surface area contributed by atoms with Crippen LogP contribution in [0.5, 0.6) is 0 Å². The second-order valence-electron chi connectivity index (χ2n) is 6.38. The first-order valence-electron chi connectivity index (χ1n) is 8.54. The van der Waals surface area contributed by atoms with Crippen LogP contribution in [0, 0.1) is 15.5 Å². The number of hydrogen-bond donors (Lipinski definition) is 2. The van der Waals surface area contributed by atoms with Gasteiger partial charge in [0.05, 0.1) is 16.0 Å². The summed E-state index contributed by atoms with van der Waals surface area (Å²) >= 11 is 0. The number of rotatable bonds is 9. The smallest absolute Gasteiger partial charge is 0.310 e. The summed E-state index contributed by atoms with van der Waals surface area (Å²) in [5, 5.41) is 28.0.